The zero-order valence-corrected chi connectivity index (χ0v) is 9.72. The summed E-state index contributed by atoms with van der Waals surface area (Å²) >= 11 is 0. The van der Waals surface area contributed by atoms with Crippen molar-refractivity contribution in [1.29, 1.82) is 0 Å². The highest BCUT2D eigenvalue weighted by molar-refractivity contribution is 5.96. The molecule has 1 amide bonds. The third-order valence-electron chi connectivity index (χ3n) is 3.07. The van der Waals surface area contributed by atoms with Crippen LogP contribution in [0.15, 0.2) is 29.1 Å². The lowest BCUT2D eigenvalue weighted by Gasteiger charge is -2.16. The van der Waals surface area contributed by atoms with Crippen LogP contribution in [0.3, 0.4) is 0 Å². The van der Waals surface area contributed by atoms with E-state index in [4.69, 9.17) is 0 Å². The lowest BCUT2D eigenvalue weighted by molar-refractivity contribution is -0.117. The molecule has 1 aromatic carbocycles. The highest BCUT2D eigenvalue weighted by Gasteiger charge is 2.35. The number of benzene rings is 1. The van der Waals surface area contributed by atoms with Gasteiger partial charge in [-0.15, -0.1) is 0 Å². The maximum absolute atomic E-state index is 13.7. The predicted octanol–water partition coefficient (Wildman–Crippen LogP) is 1.87. The largest absolute Gasteiger partial charge is 0.343 e. The summed E-state index contributed by atoms with van der Waals surface area (Å²) < 4.78 is 31.4. The molecule has 0 radical (unpaired) electrons. The SMILES string of the molecule is O=C1CC(c2ncon2)CN1c1cc(F)ccc1F. The molecule has 1 fully saturated rings. The Bertz CT molecular complexity index is 615. The molecule has 0 aliphatic carbocycles. The fourth-order valence-electron chi connectivity index (χ4n) is 2.16. The molecule has 0 N–H and O–H groups in total. The highest BCUT2D eigenvalue weighted by atomic mass is 19.1. The normalized spacial score (nSPS) is 19.2. The molecule has 2 aromatic rings. The smallest absolute Gasteiger partial charge is 0.227 e. The standard InChI is InChI=1S/C12H9F2N3O2/c13-8-1-2-9(14)10(4-8)17-5-7(3-11(17)18)12-15-6-19-16-12/h1-2,4,6-7H,3,5H2. The molecule has 0 bridgehead atoms. The molecule has 1 atom stereocenters. The summed E-state index contributed by atoms with van der Waals surface area (Å²) in [5.41, 5.74) is -0.0593. The van der Waals surface area contributed by atoms with Gasteiger partial charge in [-0.25, -0.2) is 8.78 Å². The molecule has 98 valence electrons. The van der Waals surface area contributed by atoms with E-state index in [-0.39, 0.29) is 30.5 Å². The molecule has 19 heavy (non-hydrogen) atoms. The first-order valence-corrected chi connectivity index (χ1v) is 5.67. The molecule has 1 unspecified atom stereocenters. The minimum atomic E-state index is -0.636. The molecule has 3 rings (SSSR count). The molecule has 0 saturated carbocycles. The van der Waals surface area contributed by atoms with E-state index in [2.05, 4.69) is 14.7 Å². The number of nitrogens with zero attached hydrogens (tertiary/aromatic N) is 3. The maximum Gasteiger partial charge on any atom is 0.227 e. The lowest BCUT2D eigenvalue weighted by Crippen LogP contribution is -2.25. The second kappa shape index (κ2) is 4.42. The Morgan fingerprint density at radius 2 is 2.21 bits per heavy atom. The van der Waals surface area contributed by atoms with Crippen molar-refractivity contribution in [2.75, 3.05) is 11.4 Å². The molecule has 5 nitrogen and oxygen atoms in total. The van der Waals surface area contributed by atoms with E-state index in [1.54, 1.807) is 0 Å². The Labute approximate surface area is 106 Å². The van der Waals surface area contributed by atoms with Gasteiger partial charge in [-0.2, -0.15) is 4.98 Å². The Balaban J connectivity index is 1.90. The van der Waals surface area contributed by atoms with E-state index >= 15 is 0 Å². The molecule has 7 heteroatoms. The van der Waals surface area contributed by atoms with Crippen LogP contribution in [0.1, 0.15) is 18.2 Å². The van der Waals surface area contributed by atoms with Crippen LogP contribution in [-0.2, 0) is 4.79 Å². The summed E-state index contributed by atoms with van der Waals surface area (Å²) in [6, 6.07) is 3.02. The summed E-state index contributed by atoms with van der Waals surface area (Å²) in [5.74, 6) is -1.39. The predicted molar refractivity (Wildman–Crippen MR) is 60.4 cm³/mol. The number of amides is 1. The van der Waals surface area contributed by atoms with Crippen LogP contribution in [0.4, 0.5) is 14.5 Å². The van der Waals surface area contributed by atoms with Crippen LogP contribution in [0.5, 0.6) is 0 Å². The Morgan fingerprint density at radius 3 is 2.95 bits per heavy atom. The minimum absolute atomic E-state index is 0.0593. The summed E-state index contributed by atoms with van der Waals surface area (Å²) in [7, 11) is 0. The first-order chi connectivity index (χ1) is 9.15. The number of anilines is 1. The molecule has 1 aliphatic rings. The van der Waals surface area contributed by atoms with Gasteiger partial charge in [0, 0.05) is 24.9 Å². The van der Waals surface area contributed by atoms with Gasteiger partial charge in [-0.05, 0) is 12.1 Å². The van der Waals surface area contributed by atoms with E-state index in [1.165, 1.54) is 11.3 Å². The average Bonchev–Trinajstić information content (AvgIpc) is 3.01. The van der Waals surface area contributed by atoms with Gasteiger partial charge in [0.05, 0.1) is 5.69 Å². The van der Waals surface area contributed by atoms with E-state index in [1.807, 2.05) is 0 Å². The number of aromatic nitrogens is 2. The van der Waals surface area contributed by atoms with Crippen molar-refractivity contribution in [2.45, 2.75) is 12.3 Å². The quantitative estimate of drug-likeness (QED) is 0.831. The van der Waals surface area contributed by atoms with Crippen molar-refractivity contribution in [3.05, 3.63) is 42.1 Å². The third kappa shape index (κ3) is 2.07. The highest BCUT2D eigenvalue weighted by Crippen LogP contribution is 2.31. The molecule has 0 spiro atoms. The molecule has 2 heterocycles. The van der Waals surface area contributed by atoms with Crippen molar-refractivity contribution in [3.63, 3.8) is 0 Å². The van der Waals surface area contributed by atoms with Gasteiger partial charge < -0.3 is 9.42 Å². The first-order valence-electron chi connectivity index (χ1n) is 5.67. The number of rotatable bonds is 2. The zero-order valence-electron chi connectivity index (χ0n) is 9.72. The third-order valence-corrected chi connectivity index (χ3v) is 3.07. The van der Waals surface area contributed by atoms with Gasteiger partial charge in [0.15, 0.2) is 5.82 Å². The monoisotopic (exact) mass is 265 g/mol. The summed E-state index contributed by atoms with van der Waals surface area (Å²) in [5, 5.41) is 3.67. The fraction of sp³-hybridized carbons (Fsp3) is 0.250. The molecule has 1 saturated heterocycles. The van der Waals surface area contributed by atoms with Crippen LogP contribution in [0.25, 0.3) is 0 Å². The van der Waals surface area contributed by atoms with Gasteiger partial charge in [-0.3, -0.25) is 4.79 Å². The summed E-state index contributed by atoms with van der Waals surface area (Å²) in [6.45, 7) is 0.207. The lowest BCUT2D eigenvalue weighted by atomic mass is 10.1. The summed E-state index contributed by atoms with van der Waals surface area (Å²) in [4.78, 5) is 17.0. The topological polar surface area (TPSA) is 59.2 Å². The minimum Gasteiger partial charge on any atom is -0.343 e. The summed E-state index contributed by atoms with van der Waals surface area (Å²) in [6.07, 6.45) is 1.32. The van der Waals surface area contributed by atoms with Crippen molar-refractivity contribution >= 4 is 11.6 Å². The van der Waals surface area contributed by atoms with Crippen LogP contribution < -0.4 is 4.90 Å². The van der Waals surface area contributed by atoms with Crippen molar-refractivity contribution < 1.29 is 18.1 Å². The van der Waals surface area contributed by atoms with Crippen molar-refractivity contribution in [2.24, 2.45) is 0 Å². The van der Waals surface area contributed by atoms with Crippen molar-refractivity contribution in [1.82, 2.24) is 10.1 Å². The van der Waals surface area contributed by atoms with Crippen LogP contribution in [0.2, 0.25) is 0 Å². The van der Waals surface area contributed by atoms with Gasteiger partial charge >= 0.3 is 0 Å². The second-order valence-electron chi connectivity index (χ2n) is 4.29. The fourth-order valence-corrected chi connectivity index (χ4v) is 2.16. The number of hydrogen-bond donors (Lipinski definition) is 0. The van der Waals surface area contributed by atoms with Gasteiger partial charge in [0.25, 0.3) is 0 Å². The number of halogens is 2. The van der Waals surface area contributed by atoms with E-state index in [9.17, 15) is 13.6 Å². The van der Waals surface area contributed by atoms with E-state index in [0.29, 0.717) is 5.82 Å². The Hall–Kier alpha value is -2.31. The molecular weight excluding hydrogens is 256 g/mol. The van der Waals surface area contributed by atoms with Crippen molar-refractivity contribution in [3.8, 4) is 0 Å². The van der Waals surface area contributed by atoms with Gasteiger partial charge in [-0.1, -0.05) is 5.16 Å². The Morgan fingerprint density at radius 1 is 1.37 bits per heavy atom. The molecule has 1 aromatic heterocycles. The zero-order chi connectivity index (χ0) is 13.4. The molecular formula is C12H9F2N3O2. The number of carbonyl (C=O) groups is 1. The maximum atomic E-state index is 13.7. The second-order valence-corrected chi connectivity index (χ2v) is 4.29. The average molecular weight is 265 g/mol. The molecule has 1 aliphatic heterocycles. The Kier molecular flexibility index (Phi) is 2.73. The first kappa shape index (κ1) is 11.8. The van der Waals surface area contributed by atoms with Gasteiger partial charge in [0.2, 0.25) is 12.3 Å². The number of hydrogen-bond acceptors (Lipinski definition) is 4. The van der Waals surface area contributed by atoms with Crippen LogP contribution >= 0.6 is 0 Å². The van der Waals surface area contributed by atoms with E-state index in [0.717, 1.165) is 18.2 Å². The van der Waals surface area contributed by atoms with Gasteiger partial charge in [0.1, 0.15) is 11.6 Å². The van der Waals surface area contributed by atoms with E-state index < -0.39 is 11.6 Å². The van der Waals surface area contributed by atoms with Crippen LogP contribution in [0, 0.1) is 11.6 Å². The van der Waals surface area contributed by atoms with Crippen LogP contribution in [-0.4, -0.2) is 22.6 Å². The number of carbonyl (C=O) groups excluding carboxylic acids is 1.